The van der Waals surface area contributed by atoms with E-state index in [1.807, 2.05) is 13.0 Å². The summed E-state index contributed by atoms with van der Waals surface area (Å²) in [5.74, 6) is 0.186. The zero-order valence-electron chi connectivity index (χ0n) is 9.77. The summed E-state index contributed by atoms with van der Waals surface area (Å²) in [5, 5.41) is 11.7. The molecule has 86 valence electrons. The summed E-state index contributed by atoms with van der Waals surface area (Å²) in [6, 6.07) is 14.7. The Morgan fingerprint density at radius 2 is 1.82 bits per heavy atom. The molecule has 0 aliphatic carbocycles. The molecule has 1 heterocycles. The molecule has 1 atom stereocenters. The average molecular weight is 225 g/mol. The molecule has 3 rings (SSSR count). The Morgan fingerprint density at radius 1 is 1.06 bits per heavy atom. The molecule has 0 spiro atoms. The molecule has 0 saturated heterocycles. The normalized spacial score (nSPS) is 13.3. The van der Waals surface area contributed by atoms with Gasteiger partial charge in [0.15, 0.2) is 0 Å². The highest BCUT2D eigenvalue weighted by Crippen LogP contribution is 2.27. The van der Waals surface area contributed by atoms with Crippen molar-refractivity contribution in [2.75, 3.05) is 6.61 Å². The Labute approximate surface area is 99.9 Å². The van der Waals surface area contributed by atoms with Crippen LogP contribution in [0.3, 0.4) is 0 Å². The lowest BCUT2D eigenvalue weighted by Gasteiger charge is -2.07. The van der Waals surface area contributed by atoms with E-state index in [1.165, 1.54) is 16.3 Å². The molecule has 0 amide bonds. The summed E-state index contributed by atoms with van der Waals surface area (Å²) in [5.41, 5.74) is 3.48. The van der Waals surface area contributed by atoms with E-state index in [4.69, 9.17) is 0 Å². The summed E-state index contributed by atoms with van der Waals surface area (Å²) in [7, 11) is 0. The van der Waals surface area contributed by atoms with E-state index >= 15 is 0 Å². The van der Waals surface area contributed by atoms with Crippen LogP contribution in [0.2, 0.25) is 0 Å². The van der Waals surface area contributed by atoms with Gasteiger partial charge in [-0.05, 0) is 17.7 Å². The predicted octanol–water partition coefficient (Wildman–Crippen LogP) is 3.42. The maximum Gasteiger partial charge on any atom is 0.0497 e. The minimum Gasteiger partial charge on any atom is -0.396 e. The molecule has 2 aromatic carbocycles. The molecule has 0 bridgehead atoms. The zero-order valence-corrected chi connectivity index (χ0v) is 9.77. The van der Waals surface area contributed by atoms with Gasteiger partial charge in [0.25, 0.3) is 0 Å². The number of fused-ring (bicyclic) bond motifs is 3. The molecule has 2 heteroatoms. The zero-order chi connectivity index (χ0) is 11.8. The third kappa shape index (κ3) is 1.61. The Hall–Kier alpha value is -1.80. The molecule has 2 nitrogen and oxygen atoms in total. The molecule has 0 saturated carbocycles. The summed E-state index contributed by atoms with van der Waals surface area (Å²) in [6.07, 6.45) is 0. The van der Waals surface area contributed by atoms with E-state index in [0.29, 0.717) is 0 Å². The van der Waals surface area contributed by atoms with Crippen molar-refractivity contribution >= 4 is 21.8 Å². The van der Waals surface area contributed by atoms with Gasteiger partial charge in [0, 0.05) is 34.3 Å². The number of nitrogens with one attached hydrogen (secondary N) is 1. The van der Waals surface area contributed by atoms with Crippen molar-refractivity contribution in [3.05, 3.63) is 48.0 Å². The van der Waals surface area contributed by atoms with E-state index in [9.17, 15) is 5.11 Å². The summed E-state index contributed by atoms with van der Waals surface area (Å²) in [4.78, 5) is 3.42. The van der Waals surface area contributed by atoms with E-state index in [-0.39, 0.29) is 12.5 Å². The van der Waals surface area contributed by atoms with Gasteiger partial charge in [0.2, 0.25) is 0 Å². The molecule has 1 unspecified atom stereocenters. The van der Waals surface area contributed by atoms with E-state index in [2.05, 4.69) is 41.4 Å². The molecule has 0 aliphatic rings. The van der Waals surface area contributed by atoms with Gasteiger partial charge in [-0.2, -0.15) is 0 Å². The summed E-state index contributed by atoms with van der Waals surface area (Å²) >= 11 is 0. The predicted molar refractivity (Wildman–Crippen MR) is 71.3 cm³/mol. The second kappa shape index (κ2) is 3.90. The van der Waals surface area contributed by atoms with Gasteiger partial charge in [0.1, 0.15) is 0 Å². The van der Waals surface area contributed by atoms with Crippen molar-refractivity contribution in [1.82, 2.24) is 4.98 Å². The fourth-order valence-corrected chi connectivity index (χ4v) is 2.28. The van der Waals surface area contributed by atoms with Crippen molar-refractivity contribution in [3.63, 3.8) is 0 Å². The molecule has 2 N–H and O–H groups in total. The highest BCUT2D eigenvalue weighted by molar-refractivity contribution is 6.07. The molecule has 17 heavy (non-hydrogen) atoms. The number of rotatable bonds is 2. The van der Waals surface area contributed by atoms with Crippen LogP contribution in [-0.4, -0.2) is 16.7 Å². The Kier molecular flexibility index (Phi) is 2.37. The van der Waals surface area contributed by atoms with Gasteiger partial charge in [-0.1, -0.05) is 37.3 Å². The van der Waals surface area contributed by atoms with Gasteiger partial charge in [0.05, 0.1) is 0 Å². The first-order chi connectivity index (χ1) is 8.29. The van der Waals surface area contributed by atoms with Crippen LogP contribution in [0.1, 0.15) is 18.4 Å². The number of hydrogen-bond donors (Lipinski definition) is 2. The van der Waals surface area contributed by atoms with Crippen LogP contribution in [-0.2, 0) is 0 Å². The summed E-state index contributed by atoms with van der Waals surface area (Å²) in [6.45, 7) is 2.22. The molecule has 1 aromatic heterocycles. The van der Waals surface area contributed by atoms with Crippen LogP contribution < -0.4 is 0 Å². The lowest BCUT2D eigenvalue weighted by molar-refractivity contribution is 0.273. The van der Waals surface area contributed by atoms with Crippen LogP contribution in [0.5, 0.6) is 0 Å². The molecule has 0 fully saturated rings. The third-order valence-corrected chi connectivity index (χ3v) is 3.37. The topological polar surface area (TPSA) is 36.0 Å². The summed E-state index contributed by atoms with van der Waals surface area (Å²) < 4.78 is 0. The minimum atomic E-state index is 0.186. The van der Waals surface area contributed by atoms with E-state index in [0.717, 1.165) is 11.0 Å². The molecule has 0 radical (unpaired) electrons. The fraction of sp³-hybridized carbons (Fsp3) is 0.200. The second-order valence-electron chi connectivity index (χ2n) is 4.56. The maximum absolute atomic E-state index is 9.19. The third-order valence-electron chi connectivity index (χ3n) is 3.37. The number of hydrogen-bond acceptors (Lipinski definition) is 1. The lowest BCUT2D eigenvalue weighted by Crippen LogP contribution is -1.98. The van der Waals surface area contributed by atoms with Gasteiger partial charge in [-0.25, -0.2) is 0 Å². The first kappa shape index (κ1) is 10.4. The molecular formula is C15H15NO. The Morgan fingerprint density at radius 3 is 2.65 bits per heavy atom. The van der Waals surface area contributed by atoms with Crippen molar-refractivity contribution in [3.8, 4) is 0 Å². The number of aliphatic hydroxyl groups is 1. The van der Waals surface area contributed by atoms with Crippen LogP contribution in [0, 0.1) is 0 Å². The maximum atomic E-state index is 9.19. The Bertz CT molecular complexity index is 669. The highest BCUT2D eigenvalue weighted by Gasteiger charge is 2.07. The minimum absolute atomic E-state index is 0.186. The number of benzene rings is 2. The van der Waals surface area contributed by atoms with Crippen LogP contribution >= 0.6 is 0 Å². The smallest absolute Gasteiger partial charge is 0.0497 e. The highest BCUT2D eigenvalue weighted by atomic mass is 16.3. The fourth-order valence-electron chi connectivity index (χ4n) is 2.28. The van der Waals surface area contributed by atoms with E-state index in [1.54, 1.807) is 0 Å². The van der Waals surface area contributed by atoms with Gasteiger partial charge in [-0.15, -0.1) is 0 Å². The van der Waals surface area contributed by atoms with Crippen molar-refractivity contribution < 1.29 is 5.11 Å². The van der Waals surface area contributed by atoms with Crippen LogP contribution in [0.25, 0.3) is 21.8 Å². The standard InChI is InChI=1S/C15H15NO/c1-10(9-17)11-6-7-13-12-4-2-3-5-14(12)16-15(13)8-11/h2-8,10,16-17H,9H2,1H3. The molecule has 3 aromatic rings. The van der Waals surface area contributed by atoms with Crippen molar-refractivity contribution in [1.29, 1.82) is 0 Å². The van der Waals surface area contributed by atoms with Gasteiger partial charge < -0.3 is 10.1 Å². The Balaban J connectivity index is 2.26. The van der Waals surface area contributed by atoms with Crippen LogP contribution in [0.4, 0.5) is 0 Å². The van der Waals surface area contributed by atoms with Crippen molar-refractivity contribution in [2.24, 2.45) is 0 Å². The molecule has 0 aliphatic heterocycles. The number of para-hydroxylation sites is 1. The average Bonchev–Trinajstić information content (AvgIpc) is 2.75. The van der Waals surface area contributed by atoms with Crippen LogP contribution in [0.15, 0.2) is 42.5 Å². The largest absolute Gasteiger partial charge is 0.396 e. The first-order valence-electron chi connectivity index (χ1n) is 5.91. The quantitative estimate of drug-likeness (QED) is 0.688. The molecular weight excluding hydrogens is 210 g/mol. The number of aliphatic hydroxyl groups excluding tert-OH is 1. The second-order valence-corrected chi connectivity index (χ2v) is 4.56. The van der Waals surface area contributed by atoms with Gasteiger partial charge in [-0.3, -0.25) is 0 Å². The lowest BCUT2D eigenvalue weighted by atomic mass is 10.0. The number of aromatic amines is 1. The first-order valence-corrected chi connectivity index (χ1v) is 5.91. The van der Waals surface area contributed by atoms with E-state index < -0.39 is 0 Å². The monoisotopic (exact) mass is 225 g/mol. The van der Waals surface area contributed by atoms with Crippen molar-refractivity contribution in [2.45, 2.75) is 12.8 Å². The van der Waals surface area contributed by atoms with Gasteiger partial charge >= 0.3 is 0 Å². The number of aromatic nitrogens is 1. The SMILES string of the molecule is CC(CO)c1ccc2c(c1)[nH]c1ccccc12. The number of H-pyrrole nitrogens is 1.